The van der Waals surface area contributed by atoms with Gasteiger partial charge < -0.3 is 10.1 Å². The molecule has 0 bridgehead atoms. The maximum Gasteiger partial charge on any atom is 0.216 e. The van der Waals surface area contributed by atoms with E-state index in [0.717, 1.165) is 30.1 Å². The van der Waals surface area contributed by atoms with E-state index in [1.807, 2.05) is 14.0 Å². The Kier molecular flexibility index (Phi) is 4.61. The normalized spacial score (nSPS) is 12.6. The first-order chi connectivity index (χ1) is 9.11. The smallest absolute Gasteiger partial charge is 0.216 e. The van der Waals surface area contributed by atoms with Gasteiger partial charge in [0.15, 0.2) is 0 Å². The maximum absolute atomic E-state index is 5.40. The number of aryl methyl sites for hydroxylation is 2. The van der Waals surface area contributed by atoms with Gasteiger partial charge in [0.05, 0.1) is 18.4 Å². The number of aromatic nitrogens is 2. The van der Waals surface area contributed by atoms with Crippen molar-refractivity contribution in [2.75, 3.05) is 7.11 Å². The Morgan fingerprint density at radius 1 is 1.53 bits per heavy atom. The number of hydrogen-bond donors (Lipinski definition) is 1. The highest BCUT2D eigenvalue weighted by molar-refractivity contribution is 7.09. The molecular formula is C14H21N3OS. The molecule has 2 aromatic rings. The van der Waals surface area contributed by atoms with Gasteiger partial charge in [0.25, 0.3) is 0 Å². The van der Waals surface area contributed by atoms with Gasteiger partial charge in [-0.1, -0.05) is 6.07 Å². The number of ether oxygens (including phenoxy) is 1. The standard InChI is InChI=1S/C14H21N3OS/c1-10(8-12-6-5-7-19-12)15-9-13-11(2)16-17(3)14(13)18-4/h5-7,10,15H,8-9H2,1-4H3. The second kappa shape index (κ2) is 6.21. The zero-order valence-electron chi connectivity index (χ0n) is 11.9. The number of nitrogens with one attached hydrogen (secondary N) is 1. The highest BCUT2D eigenvalue weighted by Gasteiger charge is 2.14. The molecule has 0 spiro atoms. The van der Waals surface area contributed by atoms with Crippen LogP contribution >= 0.6 is 11.3 Å². The van der Waals surface area contributed by atoms with Crippen LogP contribution in [0.25, 0.3) is 0 Å². The second-order valence-corrected chi connectivity index (χ2v) is 5.79. The number of nitrogens with zero attached hydrogens (tertiary/aromatic N) is 2. The van der Waals surface area contributed by atoms with Gasteiger partial charge in [-0.15, -0.1) is 11.3 Å². The number of rotatable bonds is 6. The van der Waals surface area contributed by atoms with Crippen molar-refractivity contribution in [1.29, 1.82) is 0 Å². The summed E-state index contributed by atoms with van der Waals surface area (Å²) in [4.78, 5) is 1.41. The van der Waals surface area contributed by atoms with Crippen LogP contribution in [0, 0.1) is 6.92 Å². The lowest BCUT2D eigenvalue weighted by atomic mass is 10.2. The molecule has 0 aliphatic carbocycles. The second-order valence-electron chi connectivity index (χ2n) is 4.76. The van der Waals surface area contributed by atoms with Gasteiger partial charge in [-0.25, -0.2) is 4.68 Å². The Morgan fingerprint density at radius 3 is 2.95 bits per heavy atom. The average molecular weight is 279 g/mol. The van der Waals surface area contributed by atoms with Crippen molar-refractivity contribution < 1.29 is 4.74 Å². The number of thiophene rings is 1. The SMILES string of the molecule is COc1c(CNC(C)Cc2cccs2)c(C)nn1C. The fourth-order valence-electron chi connectivity index (χ4n) is 2.22. The van der Waals surface area contributed by atoms with Crippen molar-refractivity contribution in [3.8, 4) is 5.88 Å². The zero-order chi connectivity index (χ0) is 13.8. The van der Waals surface area contributed by atoms with Gasteiger partial charge >= 0.3 is 0 Å². The van der Waals surface area contributed by atoms with Gasteiger partial charge in [0, 0.05) is 24.5 Å². The van der Waals surface area contributed by atoms with E-state index < -0.39 is 0 Å². The van der Waals surface area contributed by atoms with Crippen LogP contribution < -0.4 is 10.1 Å². The molecule has 1 N–H and O–H groups in total. The molecule has 2 heterocycles. The van der Waals surface area contributed by atoms with Crippen LogP contribution in [0.4, 0.5) is 0 Å². The van der Waals surface area contributed by atoms with Crippen LogP contribution in [0.3, 0.4) is 0 Å². The molecule has 104 valence electrons. The van der Waals surface area contributed by atoms with Crippen molar-refractivity contribution >= 4 is 11.3 Å². The molecule has 2 rings (SSSR count). The van der Waals surface area contributed by atoms with E-state index >= 15 is 0 Å². The maximum atomic E-state index is 5.40. The molecule has 0 aliphatic rings. The summed E-state index contributed by atoms with van der Waals surface area (Å²) < 4.78 is 7.19. The molecule has 4 nitrogen and oxygen atoms in total. The predicted octanol–water partition coefficient (Wildman–Crippen LogP) is 2.52. The van der Waals surface area contributed by atoms with E-state index in [1.165, 1.54) is 4.88 Å². The van der Waals surface area contributed by atoms with Crippen LogP contribution in [0.5, 0.6) is 5.88 Å². The quantitative estimate of drug-likeness (QED) is 0.883. The average Bonchev–Trinajstić information content (AvgIpc) is 2.94. The van der Waals surface area contributed by atoms with Crippen LogP contribution in [0.2, 0.25) is 0 Å². The summed E-state index contributed by atoms with van der Waals surface area (Å²) in [6.07, 6.45) is 1.05. The number of methoxy groups -OCH3 is 1. The van der Waals surface area contributed by atoms with E-state index in [1.54, 1.807) is 23.1 Å². The van der Waals surface area contributed by atoms with Crippen molar-refractivity contribution in [3.63, 3.8) is 0 Å². The third kappa shape index (κ3) is 3.36. The van der Waals surface area contributed by atoms with Crippen molar-refractivity contribution in [2.24, 2.45) is 7.05 Å². The predicted molar refractivity (Wildman–Crippen MR) is 78.8 cm³/mol. The molecule has 0 amide bonds. The molecule has 0 aliphatic heterocycles. The van der Waals surface area contributed by atoms with Crippen molar-refractivity contribution in [2.45, 2.75) is 32.9 Å². The monoisotopic (exact) mass is 279 g/mol. The molecule has 0 fully saturated rings. The molecule has 1 unspecified atom stereocenters. The minimum absolute atomic E-state index is 0.433. The molecule has 0 radical (unpaired) electrons. The first kappa shape index (κ1) is 14.1. The summed E-state index contributed by atoms with van der Waals surface area (Å²) in [6, 6.07) is 4.71. The molecule has 0 aromatic carbocycles. The van der Waals surface area contributed by atoms with E-state index in [2.05, 4.69) is 34.9 Å². The summed E-state index contributed by atoms with van der Waals surface area (Å²) in [5.41, 5.74) is 2.17. The van der Waals surface area contributed by atoms with Gasteiger partial charge in [-0.2, -0.15) is 5.10 Å². The first-order valence-electron chi connectivity index (χ1n) is 6.44. The molecule has 2 aromatic heterocycles. The Bertz CT molecular complexity index is 519. The highest BCUT2D eigenvalue weighted by atomic mass is 32.1. The largest absolute Gasteiger partial charge is 0.481 e. The minimum atomic E-state index is 0.433. The van der Waals surface area contributed by atoms with Gasteiger partial charge in [0.1, 0.15) is 0 Å². The summed E-state index contributed by atoms with van der Waals surface area (Å²) in [7, 11) is 3.60. The third-order valence-electron chi connectivity index (χ3n) is 3.20. The van der Waals surface area contributed by atoms with Crippen molar-refractivity contribution in [3.05, 3.63) is 33.6 Å². The topological polar surface area (TPSA) is 39.1 Å². The molecule has 19 heavy (non-hydrogen) atoms. The first-order valence-corrected chi connectivity index (χ1v) is 7.32. The minimum Gasteiger partial charge on any atom is -0.481 e. The molecule has 1 atom stereocenters. The summed E-state index contributed by atoms with van der Waals surface area (Å²) >= 11 is 1.81. The van der Waals surface area contributed by atoms with E-state index in [-0.39, 0.29) is 0 Å². The lowest BCUT2D eigenvalue weighted by Gasteiger charge is -2.13. The Morgan fingerprint density at radius 2 is 2.32 bits per heavy atom. The molecule has 5 heteroatoms. The Labute approximate surface area is 118 Å². The molecule has 0 saturated carbocycles. The van der Waals surface area contributed by atoms with Crippen LogP contribution in [0.1, 0.15) is 23.1 Å². The van der Waals surface area contributed by atoms with Gasteiger partial charge in [-0.05, 0) is 31.7 Å². The molecular weight excluding hydrogens is 258 g/mol. The highest BCUT2D eigenvalue weighted by Crippen LogP contribution is 2.21. The fourth-order valence-corrected chi connectivity index (χ4v) is 3.05. The zero-order valence-corrected chi connectivity index (χ0v) is 12.8. The fraction of sp³-hybridized carbons (Fsp3) is 0.500. The summed E-state index contributed by atoms with van der Waals surface area (Å²) in [6.45, 7) is 5.01. The van der Waals surface area contributed by atoms with Crippen molar-refractivity contribution in [1.82, 2.24) is 15.1 Å². The van der Waals surface area contributed by atoms with Crippen LogP contribution in [-0.2, 0) is 20.0 Å². The lowest BCUT2D eigenvalue weighted by Crippen LogP contribution is -2.27. The van der Waals surface area contributed by atoms with Crippen LogP contribution in [-0.4, -0.2) is 22.9 Å². The van der Waals surface area contributed by atoms with Gasteiger partial charge in [0.2, 0.25) is 5.88 Å². The Hall–Kier alpha value is -1.33. The third-order valence-corrected chi connectivity index (χ3v) is 4.10. The Balaban J connectivity index is 1.95. The lowest BCUT2D eigenvalue weighted by molar-refractivity contribution is 0.367. The summed E-state index contributed by atoms with van der Waals surface area (Å²) in [5, 5.41) is 10.1. The molecule has 0 saturated heterocycles. The van der Waals surface area contributed by atoms with E-state index in [9.17, 15) is 0 Å². The van der Waals surface area contributed by atoms with E-state index in [4.69, 9.17) is 4.74 Å². The van der Waals surface area contributed by atoms with Crippen LogP contribution in [0.15, 0.2) is 17.5 Å². The number of hydrogen-bond acceptors (Lipinski definition) is 4. The summed E-state index contributed by atoms with van der Waals surface area (Å²) in [5.74, 6) is 0.841. The van der Waals surface area contributed by atoms with Gasteiger partial charge in [-0.3, -0.25) is 0 Å². The van der Waals surface area contributed by atoms with E-state index in [0.29, 0.717) is 6.04 Å².